The van der Waals surface area contributed by atoms with Crippen LogP contribution in [-0.2, 0) is 16.1 Å². The zero-order valence-electron chi connectivity index (χ0n) is 19.6. The molecule has 1 fully saturated rings. The number of ether oxygens (including phenoxy) is 1. The van der Waals surface area contributed by atoms with Gasteiger partial charge in [0.05, 0.1) is 24.2 Å². The first kappa shape index (κ1) is 26.0. The van der Waals surface area contributed by atoms with Crippen LogP contribution in [0, 0.1) is 5.41 Å². The minimum atomic E-state index is -0.833. The summed E-state index contributed by atoms with van der Waals surface area (Å²) in [5.74, 6) is -1.24. The number of aliphatic hydroxyl groups excluding tert-OH is 1. The van der Waals surface area contributed by atoms with Gasteiger partial charge < -0.3 is 24.8 Å². The number of carbonyl (C=O) groups is 2. The number of aliphatic hydroxyl groups is 1. The number of aliphatic carboxylic acids is 1. The third-order valence-corrected chi connectivity index (χ3v) is 5.42. The van der Waals surface area contributed by atoms with Crippen molar-refractivity contribution in [1.29, 1.82) is 5.41 Å². The molecule has 0 atom stereocenters. The van der Waals surface area contributed by atoms with E-state index >= 15 is 0 Å². The third kappa shape index (κ3) is 6.50. The minimum absolute atomic E-state index is 0.0306. The number of hydrogen-bond donors (Lipinski definition) is 4. The van der Waals surface area contributed by atoms with Gasteiger partial charge >= 0.3 is 0 Å². The molecule has 1 aliphatic heterocycles. The number of hydrogen-bond acceptors (Lipinski definition) is 8. The molecule has 188 valence electrons. The van der Waals surface area contributed by atoms with Crippen LogP contribution in [0.25, 0.3) is 16.7 Å². The number of nitrogens with one attached hydrogen (secondary N) is 2. The van der Waals surface area contributed by atoms with Crippen molar-refractivity contribution in [1.82, 2.24) is 24.2 Å². The number of aromatic nitrogens is 3. The molecule has 12 heteroatoms. The third-order valence-electron chi connectivity index (χ3n) is 5.42. The highest BCUT2D eigenvalue weighted by molar-refractivity contribution is 5.96. The van der Waals surface area contributed by atoms with E-state index in [2.05, 4.69) is 15.2 Å². The molecule has 4 N–H and O–H groups in total. The van der Waals surface area contributed by atoms with Crippen LogP contribution in [0.1, 0.15) is 23.7 Å². The van der Waals surface area contributed by atoms with E-state index in [9.17, 15) is 14.7 Å². The van der Waals surface area contributed by atoms with Crippen molar-refractivity contribution in [3.63, 3.8) is 0 Å². The Morgan fingerprint density at radius 1 is 1.23 bits per heavy atom. The topological polar surface area (TPSA) is 162 Å². The Kier molecular flexibility index (Phi) is 9.06. The van der Waals surface area contributed by atoms with Crippen molar-refractivity contribution in [3.05, 3.63) is 51.9 Å². The SMILES string of the molecule is CC(=O)O.N=c1c(C(=O)NCCN2CCOCC2)cc2c(=O)n3ccccc3nc2n1CCCO. The maximum Gasteiger partial charge on any atom is 0.300 e. The first-order valence-electron chi connectivity index (χ1n) is 11.3. The summed E-state index contributed by atoms with van der Waals surface area (Å²) in [5, 5.41) is 28.4. The van der Waals surface area contributed by atoms with Crippen molar-refractivity contribution in [2.45, 2.75) is 19.9 Å². The highest BCUT2D eigenvalue weighted by Crippen LogP contribution is 2.11. The van der Waals surface area contributed by atoms with E-state index in [0.29, 0.717) is 44.0 Å². The Morgan fingerprint density at radius 3 is 2.63 bits per heavy atom. The maximum absolute atomic E-state index is 13.1. The lowest BCUT2D eigenvalue weighted by atomic mass is 10.2. The molecule has 12 nitrogen and oxygen atoms in total. The Labute approximate surface area is 200 Å². The lowest BCUT2D eigenvalue weighted by Gasteiger charge is -2.26. The summed E-state index contributed by atoms with van der Waals surface area (Å²) < 4.78 is 8.27. The molecular weight excluding hydrogens is 456 g/mol. The molecular formula is C23H30N6O6. The van der Waals surface area contributed by atoms with Crippen LogP contribution in [0.2, 0.25) is 0 Å². The van der Waals surface area contributed by atoms with Crippen LogP contribution >= 0.6 is 0 Å². The normalized spacial score (nSPS) is 13.9. The molecule has 1 saturated heterocycles. The van der Waals surface area contributed by atoms with Crippen molar-refractivity contribution in [2.75, 3.05) is 46.0 Å². The van der Waals surface area contributed by atoms with E-state index in [1.54, 1.807) is 24.4 Å². The summed E-state index contributed by atoms with van der Waals surface area (Å²) in [6.45, 7) is 5.43. The second kappa shape index (κ2) is 12.2. The van der Waals surface area contributed by atoms with E-state index in [-0.39, 0.29) is 35.1 Å². The molecule has 0 aliphatic carbocycles. The Bertz CT molecular complexity index is 1310. The fourth-order valence-corrected chi connectivity index (χ4v) is 3.75. The zero-order chi connectivity index (χ0) is 25.4. The minimum Gasteiger partial charge on any atom is -0.481 e. The number of morpholine rings is 1. The van der Waals surface area contributed by atoms with Gasteiger partial charge in [0.15, 0.2) is 0 Å². The highest BCUT2D eigenvalue weighted by Gasteiger charge is 2.18. The van der Waals surface area contributed by atoms with Crippen LogP contribution in [0.3, 0.4) is 0 Å². The fraction of sp³-hybridized carbons (Fsp3) is 0.435. The summed E-state index contributed by atoms with van der Waals surface area (Å²) >= 11 is 0. The van der Waals surface area contributed by atoms with Gasteiger partial charge in [-0.25, -0.2) is 4.98 Å². The molecule has 35 heavy (non-hydrogen) atoms. The van der Waals surface area contributed by atoms with Crippen LogP contribution in [0.15, 0.2) is 35.3 Å². The number of carbonyl (C=O) groups excluding carboxylic acids is 1. The maximum atomic E-state index is 13.1. The number of nitrogens with zero attached hydrogens (tertiary/aromatic N) is 4. The van der Waals surface area contributed by atoms with Crippen LogP contribution in [0.4, 0.5) is 0 Å². The molecule has 4 rings (SSSR count). The van der Waals surface area contributed by atoms with Crippen molar-refractivity contribution < 1.29 is 24.5 Å². The van der Waals surface area contributed by atoms with Crippen molar-refractivity contribution in [3.8, 4) is 0 Å². The summed E-state index contributed by atoms with van der Waals surface area (Å²) in [6, 6.07) is 6.68. The number of amides is 1. The zero-order valence-corrected chi connectivity index (χ0v) is 19.6. The van der Waals surface area contributed by atoms with Gasteiger partial charge in [0.1, 0.15) is 16.8 Å². The molecule has 0 radical (unpaired) electrons. The first-order valence-corrected chi connectivity index (χ1v) is 11.3. The van der Waals surface area contributed by atoms with Gasteiger partial charge in [0.25, 0.3) is 17.4 Å². The van der Waals surface area contributed by atoms with Gasteiger partial charge in [-0.2, -0.15) is 0 Å². The predicted octanol–water partition coefficient (Wildman–Crippen LogP) is -0.336. The highest BCUT2D eigenvalue weighted by atomic mass is 16.5. The number of aryl methyl sites for hydroxylation is 1. The summed E-state index contributed by atoms with van der Waals surface area (Å²) in [6.07, 6.45) is 2.00. The average Bonchev–Trinajstić information content (AvgIpc) is 2.84. The van der Waals surface area contributed by atoms with Gasteiger partial charge in [0.2, 0.25) is 0 Å². The van der Waals surface area contributed by atoms with E-state index in [4.69, 9.17) is 20.0 Å². The van der Waals surface area contributed by atoms with E-state index in [0.717, 1.165) is 20.0 Å². The fourth-order valence-electron chi connectivity index (χ4n) is 3.75. The smallest absolute Gasteiger partial charge is 0.300 e. The quantitative estimate of drug-likeness (QED) is 0.330. The monoisotopic (exact) mass is 486 g/mol. The number of rotatable bonds is 7. The largest absolute Gasteiger partial charge is 0.481 e. The average molecular weight is 487 g/mol. The lowest BCUT2D eigenvalue weighted by Crippen LogP contribution is -2.42. The molecule has 0 aromatic carbocycles. The van der Waals surface area contributed by atoms with Crippen LogP contribution in [-0.4, -0.2) is 86.9 Å². The Morgan fingerprint density at radius 2 is 1.94 bits per heavy atom. The van der Waals surface area contributed by atoms with Gasteiger partial charge in [-0.1, -0.05) is 6.07 Å². The van der Waals surface area contributed by atoms with Crippen molar-refractivity contribution >= 4 is 28.6 Å². The summed E-state index contributed by atoms with van der Waals surface area (Å²) in [5.41, 5.74) is 0.569. The second-order valence-electron chi connectivity index (χ2n) is 7.95. The molecule has 0 bridgehead atoms. The summed E-state index contributed by atoms with van der Waals surface area (Å²) in [4.78, 5) is 41.7. The molecule has 1 aliphatic rings. The molecule has 0 unspecified atom stereocenters. The standard InChI is InChI=1S/C21H26N6O4.C2H4O2/c22-18-15(20(29)23-5-8-25-9-12-31-13-10-25)14-16-19(27(18)7-3-11-28)24-17-4-1-2-6-26(17)21(16)30;1-2(3)4/h1-2,4,6,14,22,28H,3,5,7-13H2,(H,23,29);1H3,(H,3,4). The molecule has 3 aromatic rings. The Balaban J connectivity index is 0.000000795. The molecule has 1 amide bonds. The molecule has 3 aromatic heterocycles. The predicted molar refractivity (Wildman–Crippen MR) is 127 cm³/mol. The molecule has 0 saturated carbocycles. The Hall–Kier alpha value is -3.61. The number of carboxylic acid groups (broad SMARTS) is 1. The van der Waals surface area contributed by atoms with E-state index in [1.165, 1.54) is 15.0 Å². The van der Waals surface area contributed by atoms with Gasteiger partial charge in [-0.3, -0.25) is 29.1 Å². The first-order chi connectivity index (χ1) is 16.8. The number of carboxylic acids is 1. The van der Waals surface area contributed by atoms with Crippen LogP contribution in [0.5, 0.6) is 0 Å². The van der Waals surface area contributed by atoms with Gasteiger partial charge in [-0.05, 0) is 24.6 Å². The molecule has 4 heterocycles. The molecule has 0 spiro atoms. The van der Waals surface area contributed by atoms with Gasteiger partial charge in [0, 0.05) is 52.5 Å². The van der Waals surface area contributed by atoms with E-state index in [1.807, 2.05) is 0 Å². The lowest BCUT2D eigenvalue weighted by molar-refractivity contribution is -0.134. The second-order valence-corrected chi connectivity index (χ2v) is 7.95. The van der Waals surface area contributed by atoms with Crippen LogP contribution < -0.4 is 16.4 Å². The number of pyridine rings is 2. The van der Waals surface area contributed by atoms with Gasteiger partial charge in [-0.15, -0.1) is 0 Å². The number of fused-ring (bicyclic) bond motifs is 2. The van der Waals surface area contributed by atoms with Crippen molar-refractivity contribution in [2.24, 2.45) is 0 Å². The van der Waals surface area contributed by atoms with E-state index < -0.39 is 11.9 Å². The summed E-state index contributed by atoms with van der Waals surface area (Å²) in [7, 11) is 0.